The lowest BCUT2D eigenvalue weighted by atomic mass is 10.1. The van der Waals surface area contributed by atoms with E-state index >= 15 is 0 Å². The van der Waals surface area contributed by atoms with Crippen molar-refractivity contribution in [1.82, 2.24) is 9.97 Å². The molecule has 0 atom stereocenters. The van der Waals surface area contributed by atoms with E-state index in [1.165, 1.54) is 19.3 Å². The van der Waals surface area contributed by atoms with E-state index in [2.05, 4.69) is 20.2 Å². The molecular weight excluding hydrogens is 288 g/mol. The molecule has 3 rings (SSSR count). The summed E-state index contributed by atoms with van der Waals surface area (Å²) in [7, 11) is 0. The lowest BCUT2D eigenvalue weighted by molar-refractivity contribution is -0.116. The summed E-state index contributed by atoms with van der Waals surface area (Å²) in [4.78, 5) is 22.8. The van der Waals surface area contributed by atoms with Gasteiger partial charge in [-0.3, -0.25) is 9.78 Å². The third-order valence-corrected chi connectivity index (χ3v) is 4.08. The Morgan fingerprint density at radius 1 is 1.13 bits per heavy atom. The standard InChI is InChI=1S/C18H22N4O/c23-18(9-6-15-5-4-10-19-13-15)21-16-7-8-17(20-14-16)22-11-2-1-3-12-22/h4-5,7-8,10,13-14H,1-3,6,9,11-12H2,(H,21,23). The fourth-order valence-corrected chi connectivity index (χ4v) is 2.80. The van der Waals surface area contributed by atoms with Gasteiger partial charge in [0, 0.05) is 31.9 Å². The molecule has 1 saturated heterocycles. The van der Waals surface area contributed by atoms with Crippen LogP contribution in [0.2, 0.25) is 0 Å². The highest BCUT2D eigenvalue weighted by Gasteiger charge is 2.12. The molecule has 1 aliphatic rings. The molecule has 0 spiro atoms. The first-order chi connectivity index (χ1) is 11.3. The summed E-state index contributed by atoms with van der Waals surface area (Å²) in [5.74, 6) is 0.999. The maximum absolute atomic E-state index is 12.0. The van der Waals surface area contributed by atoms with E-state index in [9.17, 15) is 4.79 Å². The highest BCUT2D eigenvalue weighted by Crippen LogP contribution is 2.19. The number of aryl methyl sites for hydroxylation is 1. The van der Waals surface area contributed by atoms with Crippen molar-refractivity contribution >= 4 is 17.4 Å². The smallest absolute Gasteiger partial charge is 0.224 e. The van der Waals surface area contributed by atoms with E-state index in [-0.39, 0.29) is 5.91 Å². The molecule has 0 saturated carbocycles. The number of rotatable bonds is 5. The second-order valence-corrected chi connectivity index (χ2v) is 5.86. The minimum atomic E-state index is 0.00127. The van der Waals surface area contributed by atoms with Crippen molar-refractivity contribution < 1.29 is 4.79 Å². The Morgan fingerprint density at radius 3 is 2.70 bits per heavy atom. The van der Waals surface area contributed by atoms with Gasteiger partial charge < -0.3 is 10.2 Å². The first-order valence-corrected chi connectivity index (χ1v) is 8.21. The summed E-state index contributed by atoms with van der Waals surface area (Å²) in [6.07, 6.45) is 10.2. The van der Waals surface area contributed by atoms with Crippen molar-refractivity contribution in [3.05, 3.63) is 48.4 Å². The quantitative estimate of drug-likeness (QED) is 0.922. The predicted molar refractivity (Wildman–Crippen MR) is 91.5 cm³/mol. The molecule has 5 heteroatoms. The van der Waals surface area contributed by atoms with Gasteiger partial charge in [0.15, 0.2) is 0 Å². The fourth-order valence-electron chi connectivity index (χ4n) is 2.80. The SMILES string of the molecule is O=C(CCc1cccnc1)Nc1ccc(N2CCCCC2)nc1. The number of piperidine rings is 1. The fraction of sp³-hybridized carbons (Fsp3) is 0.389. The van der Waals surface area contributed by atoms with Crippen LogP contribution in [0.25, 0.3) is 0 Å². The van der Waals surface area contributed by atoms with Crippen molar-refractivity contribution in [2.75, 3.05) is 23.3 Å². The summed E-state index contributed by atoms with van der Waals surface area (Å²) in [6, 6.07) is 7.78. The summed E-state index contributed by atoms with van der Waals surface area (Å²) in [5, 5.41) is 2.90. The Balaban J connectivity index is 1.50. The Hall–Kier alpha value is -2.43. The summed E-state index contributed by atoms with van der Waals surface area (Å²) in [5.41, 5.74) is 1.82. The molecule has 0 unspecified atom stereocenters. The van der Waals surface area contributed by atoms with E-state index in [1.54, 1.807) is 18.6 Å². The van der Waals surface area contributed by atoms with Crippen LogP contribution in [0.5, 0.6) is 0 Å². The maximum atomic E-state index is 12.0. The van der Waals surface area contributed by atoms with Crippen LogP contribution in [0.4, 0.5) is 11.5 Å². The maximum Gasteiger partial charge on any atom is 0.224 e. The van der Waals surface area contributed by atoms with Crippen LogP contribution in [0.1, 0.15) is 31.2 Å². The number of anilines is 2. The zero-order chi connectivity index (χ0) is 15.9. The lowest BCUT2D eigenvalue weighted by Gasteiger charge is -2.27. The Morgan fingerprint density at radius 2 is 2.00 bits per heavy atom. The van der Waals surface area contributed by atoms with Gasteiger partial charge in [-0.25, -0.2) is 4.98 Å². The number of nitrogens with one attached hydrogen (secondary N) is 1. The number of hydrogen-bond donors (Lipinski definition) is 1. The molecule has 2 aromatic heterocycles. The molecule has 0 radical (unpaired) electrons. The second kappa shape index (κ2) is 7.72. The van der Waals surface area contributed by atoms with Crippen LogP contribution in [0, 0.1) is 0 Å². The molecule has 1 fully saturated rings. The second-order valence-electron chi connectivity index (χ2n) is 5.86. The van der Waals surface area contributed by atoms with Gasteiger partial charge in [0.2, 0.25) is 5.91 Å². The van der Waals surface area contributed by atoms with Crippen molar-refractivity contribution in [3.63, 3.8) is 0 Å². The molecule has 0 bridgehead atoms. The number of nitrogens with zero attached hydrogens (tertiary/aromatic N) is 3. The normalized spacial score (nSPS) is 14.5. The van der Waals surface area contributed by atoms with Crippen LogP contribution in [-0.4, -0.2) is 29.0 Å². The molecular formula is C18H22N4O. The number of pyridine rings is 2. The van der Waals surface area contributed by atoms with E-state index in [0.717, 1.165) is 30.2 Å². The molecule has 1 amide bonds. The number of carbonyl (C=O) groups is 1. The number of carbonyl (C=O) groups excluding carboxylic acids is 1. The van der Waals surface area contributed by atoms with Gasteiger partial charge in [0.25, 0.3) is 0 Å². The van der Waals surface area contributed by atoms with Gasteiger partial charge in [0.1, 0.15) is 5.82 Å². The minimum absolute atomic E-state index is 0.00127. The van der Waals surface area contributed by atoms with Gasteiger partial charge in [-0.1, -0.05) is 6.07 Å². The van der Waals surface area contributed by atoms with Crippen molar-refractivity contribution in [2.45, 2.75) is 32.1 Å². The van der Waals surface area contributed by atoms with Crippen LogP contribution in [-0.2, 0) is 11.2 Å². The third kappa shape index (κ3) is 4.52. The van der Waals surface area contributed by atoms with E-state index in [4.69, 9.17) is 0 Å². The molecule has 0 aliphatic carbocycles. The van der Waals surface area contributed by atoms with E-state index < -0.39 is 0 Å². The zero-order valence-electron chi connectivity index (χ0n) is 13.2. The average Bonchev–Trinajstić information content (AvgIpc) is 2.62. The van der Waals surface area contributed by atoms with Gasteiger partial charge in [-0.05, 0) is 49.4 Å². The average molecular weight is 310 g/mol. The van der Waals surface area contributed by atoms with Crippen LogP contribution < -0.4 is 10.2 Å². The van der Waals surface area contributed by atoms with Gasteiger partial charge in [-0.15, -0.1) is 0 Å². The minimum Gasteiger partial charge on any atom is -0.357 e. The molecule has 2 aromatic rings. The molecule has 1 N–H and O–H groups in total. The largest absolute Gasteiger partial charge is 0.357 e. The van der Waals surface area contributed by atoms with Gasteiger partial charge >= 0.3 is 0 Å². The van der Waals surface area contributed by atoms with Gasteiger partial charge in [0.05, 0.1) is 11.9 Å². The van der Waals surface area contributed by atoms with Crippen LogP contribution >= 0.6 is 0 Å². The summed E-state index contributed by atoms with van der Waals surface area (Å²) in [6.45, 7) is 2.15. The summed E-state index contributed by atoms with van der Waals surface area (Å²) >= 11 is 0. The lowest BCUT2D eigenvalue weighted by Crippen LogP contribution is -2.30. The highest BCUT2D eigenvalue weighted by atomic mass is 16.1. The Kier molecular flexibility index (Phi) is 5.19. The molecule has 120 valence electrons. The Bertz CT molecular complexity index is 621. The summed E-state index contributed by atoms with van der Waals surface area (Å²) < 4.78 is 0. The predicted octanol–water partition coefficient (Wildman–Crippen LogP) is 3.04. The van der Waals surface area contributed by atoms with E-state index in [0.29, 0.717) is 12.8 Å². The highest BCUT2D eigenvalue weighted by molar-refractivity contribution is 5.90. The van der Waals surface area contributed by atoms with Crippen molar-refractivity contribution in [3.8, 4) is 0 Å². The third-order valence-electron chi connectivity index (χ3n) is 4.08. The Labute approximate surface area is 136 Å². The van der Waals surface area contributed by atoms with Gasteiger partial charge in [-0.2, -0.15) is 0 Å². The van der Waals surface area contributed by atoms with Crippen molar-refractivity contribution in [1.29, 1.82) is 0 Å². The zero-order valence-corrected chi connectivity index (χ0v) is 13.2. The monoisotopic (exact) mass is 310 g/mol. The molecule has 0 aromatic carbocycles. The van der Waals surface area contributed by atoms with Crippen LogP contribution in [0.3, 0.4) is 0 Å². The molecule has 23 heavy (non-hydrogen) atoms. The van der Waals surface area contributed by atoms with Crippen molar-refractivity contribution in [2.24, 2.45) is 0 Å². The number of amides is 1. The first kappa shape index (κ1) is 15.5. The topological polar surface area (TPSA) is 58.1 Å². The number of aromatic nitrogens is 2. The molecule has 1 aliphatic heterocycles. The molecule has 3 heterocycles. The molecule has 5 nitrogen and oxygen atoms in total. The first-order valence-electron chi connectivity index (χ1n) is 8.21. The van der Waals surface area contributed by atoms with E-state index in [1.807, 2.05) is 24.3 Å². The number of hydrogen-bond acceptors (Lipinski definition) is 4. The van der Waals surface area contributed by atoms with Crippen LogP contribution in [0.15, 0.2) is 42.9 Å².